The lowest BCUT2D eigenvalue weighted by Gasteiger charge is -2.39. The third-order valence-corrected chi connectivity index (χ3v) is 6.78. The second-order valence-corrected chi connectivity index (χ2v) is 9.22. The van der Waals surface area contributed by atoms with E-state index in [4.69, 9.17) is 4.74 Å². The van der Waals surface area contributed by atoms with Crippen LogP contribution in [0.2, 0.25) is 0 Å². The number of ketones is 1. The molecule has 2 aromatic heterocycles. The molecule has 37 heavy (non-hydrogen) atoms. The maximum Gasteiger partial charge on any atom is 0.408 e. The van der Waals surface area contributed by atoms with Crippen molar-refractivity contribution in [2.45, 2.75) is 50.7 Å². The SMILES string of the molecule is CCNC(=O)Nc1ccc(C(=O)CN2c3nc(N4C[C@@H]5C[C@H]4CO5)cc(=O)n3CC[C@H]2C(F)(F)F)cn1. The van der Waals surface area contributed by atoms with Crippen LogP contribution in [0.25, 0.3) is 0 Å². The normalized spacial score (nSPS) is 22.6. The predicted molar refractivity (Wildman–Crippen MR) is 127 cm³/mol. The minimum absolute atomic E-state index is 0.00389. The molecule has 2 fully saturated rings. The molecule has 0 spiro atoms. The number of Topliss-reactive ketones (excluding diaryl/α,β-unsaturated/α-hetero) is 1. The van der Waals surface area contributed by atoms with Crippen LogP contribution in [0.15, 0.2) is 29.2 Å². The fraction of sp³-hybridized carbons (Fsp3) is 0.522. The van der Waals surface area contributed by atoms with E-state index in [0.717, 1.165) is 11.3 Å². The van der Waals surface area contributed by atoms with Gasteiger partial charge in [-0.3, -0.25) is 19.5 Å². The summed E-state index contributed by atoms with van der Waals surface area (Å²) in [5, 5.41) is 5.02. The summed E-state index contributed by atoms with van der Waals surface area (Å²) in [6, 6.07) is 1.65. The zero-order valence-electron chi connectivity index (χ0n) is 20.0. The topological polar surface area (TPSA) is 122 Å². The zero-order valence-corrected chi connectivity index (χ0v) is 20.0. The molecule has 2 saturated heterocycles. The first kappa shape index (κ1) is 25.0. The fourth-order valence-electron chi connectivity index (χ4n) is 5.01. The first-order valence-corrected chi connectivity index (χ1v) is 12.0. The Bertz CT molecular complexity index is 1250. The Balaban J connectivity index is 1.43. The van der Waals surface area contributed by atoms with E-state index in [2.05, 4.69) is 20.6 Å². The van der Waals surface area contributed by atoms with Crippen LogP contribution in [0.1, 0.15) is 30.1 Å². The number of fused-ring (bicyclic) bond motifs is 3. The van der Waals surface area contributed by atoms with Crippen LogP contribution in [-0.4, -0.2) is 77.0 Å². The smallest absolute Gasteiger partial charge is 0.374 e. The Morgan fingerprint density at radius 1 is 1.27 bits per heavy atom. The van der Waals surface area contributed by atoms with Crippen LogP contribution in [0, 0.1) is 0 Å². The molecule has 0 aliphatic carbocycles. The van der Waals surface area contributed by atoms with E-state index in [1.807, 2.05) is 4.90 Å². The van der Waals surface area contributed by atoms with Gasteiger partial charge in [-0.25, -0.2) is 9.78 Å². The number of rotatable bonds is 6. The third kappa shape index (κ3) is 4.97. The van der Waals surface area contributed by atoms with Crippen LogP contribution in [0.4, 0.5) is 35.5 Å². The van der Waals surface area contributed by atoms with E-state index in [0.29, 0.717) is 19.7 Å². The Kier molecular flexibility index (Phi) is 6.52. The van der Waals surface area contributed by atoms with Gasteiger partial charge in [0.05, 0.1) is 25.3 Å². The van der Waals surface area contributed by atoms with Crippen molar-refractivity contribution < 1.29 is 27.5 Å². The molecule has 3 aliphatic rings. The summed E-state index contributed by atoms with van der Waals surface area (Å²) in [7, 11) is 0. The molecular formula is C23H26F3N7O4. The van der Waals surface area contributed by atoms with Crippen molar-refractivity contribution in [1.82, 2.24) is 19.9 Å². The fourth-order valence-corrected chi connectivity index (χ4v) is 5.01. The van der Waals surface area contributed by atoms with Crippen molar-refractivity contribution in [1.29, 1.82) is 0 Å². The molecule has 0 unspecified atom stereocenters. The molecule has 2 bridgehead atoms. The average molecular weight is 522 g/mol. The molecule has 5 heterocycles. The van der Waals surface area contributed by atoms with Crippen molar-refractivity contribution in [3.63, 3.8) is 0 Å². The van der Waals surface area contributed by atoms with Crippen molar-refractivity contribution in [2.24, 2.45) is 0 Å². The number of ether oxygens (including phenoxy) is 1. The molecule has 3 aliphatic heterocycles. The second-order valence-electron chi connectivity index (χ2n) is 9.22. The van der Waals surface area contributed by atoms with E-state index in [-0.39, 0.29) is 48.3 Å². The summed E-state index contributed by atoms with van der Waals surface area (Å²) < 4.78 is 48.9. The summed E-state index contributed by atoms with van der Waals surface area (Å²) in [5.74, 6) is -0.348. The van der Waals surface area contributed by atoms with Gasteiger partial charge >= 0.3 is 12.2 Å². The van der Waals surface area contributed by atoms with E-state index < -0.39 is 36.1 Å². The van der Waals surface area contributed by atoms with Gasteiger partial charge in [0.25, 0.3) is 5.56 Å². The summed E-state index contributed by atoms with van der Waals surface area (Å²) in [4.78, 5) is 48.8. The molecule has 11 nitrogen and oxygen atoms in total. The molecule has 198 valence electrons. The summed E-state index contributed by atoms with van der Waals surface area (Å²) in [6.45, 7) is 2.32. The van der Waals surface area contributed by atoms with E-state index >= 15 is 0 Å². The number of carbonyl (C=O) groups is 2. The number of nitrogens with zero attached hydrogens (tertiary/aromatic N) is 5. The summed E-state index contributed by atoms with van der Waals surface area (Å²) in [5.41, 5.74) is -0.406. The average Bonchev–Trinajstić information content (AvgIpc) is 3.48. The number of morpholine rings is 1. The van der Waals surface area contributed by atoms with Gasteiger partial charge in [0.15, 0.2) is 5.78 Å². The monoisotopic (exact) mass is 521 g/mol. The number of alkyl halides is 3. The van der Waals surface area contributed by atoms with E-state index in [1.54, 1.807) is 6.92 Å². The van der Waals surface area contributed by atoms with Gasteiger partial charge in [-0.1, -0.05) is 0 Å². The number of amides is 2. The van der Waals surface area contributed by atoms with Crippen LogP contribution >= 0.6 is 0 Å². The number of halogens is 3. The number of hydrogen-bond donors (Lipinski definition) is 2. The Labute approximate surface area is 209 Å². The van der Waals surface area contributed by atoms with Crippen LogP contribution in [0.3, 0.4) is 0 Å². The van der Waals surface area contributed by atoms with E-state index in [1.165, 1.54) is 29.0 Å². The highest BCUT2D eigenvalue weighted by Crippen LogP contribution is 2.36. The quantitative estimate of drug-likeness (QED) is 0.552. The van der Waals surface area contributed by atoms with Gasteiger partial charge in [0.2, 0.25) is 5.95 Å². The molecular weight excluding hydrogens is 495 g/mol. The number of hydrogen-bond acceptors (Lipinski definition) is 8. The Morgan fingerprint density at radius 3 is 2.70 bits per heavy atom. The number of anilines is 3. The van der Waals surface area contributed by atoms with Crippen LogP contribution in [0.5, 0.6) is 0 Å². The van der Waals surface area contributed by atoms with Gasteiger partial charge < -0.3 is 19.9 Å². The number of aromatic nitrogens is 3. The highest BCUT2D eigenvalue weighted by molar-refractivity contribution is 5.99. The lowest BCUT2D eigenvalue weighted by Crippen LogP contribution is -2.54. The van der Waals surface area contributed by atoms with Gasteiger partial charge in [0.1, 0.15) is 17.7 Å². The Hall–Kier alpha value is -3.68. The molecule has 2 amide bonds. The largest absolute Gasteiger partial charge is 0.408 e. The maximum atomic E-state index is 14.0. The standard InChI is InChI=1S/C23H26F3N7O4/c1-2-27-21(36)29-18-4-3-13(9-28-18)16(34)11-33-17(23(24,25)26)5-6-31-20(35)8-19(30-22(31)33)32-10-15-7-14(32)12-37-15/h3-4,8-9,14-15,17H,2,5-7,10-12H2,1H3,(H2,27,28,29,36)/t14-,15-,17-/m0/s1. The minimum atomic E-state index is -4.64. The molecule has 0 saturated carbocycles. The lowest BCUT2D eigenvalue weighted by atomic mass is 10.1. The highest BCUT2D eigenvalue weighted by Gasteiger charge is 2.48. The first-order valence-electron chi connectivity index (χ1n) is 12.0. The van der Waals surface area contributed by atoms with Crippen molar-refractivity contribution >= 4 is 29.4 Å². The Morgan fingerprint density at radius 2 is 2.08 bits per heavy atom. The van der Waals surface area contributed by atoms with E-state index in [9.17, 15) is 27.6 Å². The summed E-state index contributed by atoms with van der Waals surface area (Å²) >= 11 is 0. The molecule has 0 aromatic carbocycles. The molecule has 2 N–H and O–H groups in total. The maximum absolute atomic E-state index is 14.0. The highest BCUT2D eigenvalue weighted by atomic mass is 19.4. The number of urea groups is 1. The molecule has 5 rings (SSSR count). The zero-order chi connectivity index (χ0) is 26.3. The van der Waals surface area contributed by atoms with Gasteiger partial charge in [-0.15, -0.1) is 0 Å². The second kappa shape index (κ2) is 9.65. The van der Waals surface area contributed by atoms with Gasteiger partial charge in [-0.2, -0.15) is 18.2 Å². The molecule has 2 aromatic rings. The van der Waals surface area contributed by atoms with Crippen molar-refractivity contribution in [3.8, 4) is 0 Å². The van der Waals surface area contributed by atoms with Gasteiger partial charge in [0, 0.05) is 37.5 Å². The lowest BCUT2D eigenvalue weighted by molar-refractivity contribution is -0.152. The summed E-state index contributed by atoms with van der Waals surface area (Å²) in [6.07, 6.45) is -3.07. The predicted octanol–water partition coefficient (Wildman–Crippen LogP) is 1.78. The number of pyridine rings is 1. The van der Waals surface area contributed by atoms with Crippen LogP contribution < -0.4 is 26.0 Å². The third-order valence-electron chi connectivity index (χ3n) is 6.78. The number of carbonyl (C=O) groups excluding carboxylic acids is 2. The van der Waals surface area contributed by atoms with Crippen molar-refractivity contribution in [3.05, 3.63) is 40.3 Å². The number of nitrogens with one attached hydrogen (secondary N) is 2. The first-order chi connectivity index (χ1) is 17.6. The van der Waals surface area contributed by atoms with Crippen LogP contribution in [-0.2, 0) is 11.3 Å². The van der Waals surface area contributed by atoms with Crippen molar-refractivity contribution in [2.75, 3.05) is 41.4 Å². The van der Waals surface area contributed by atoms with Gasteiger partial charge in [-0.05, 0) is 31.9 Å². The molecule has 14 heteroatoms. The molecule has 0 radical (unpaired) electrons. The molecule has 3 atom stereocenters. The minimum Gasteiger partial charge on any atom is -0.374 e.